The molecule has 0 saturated carbocycles. The molecule has 0 aliphatic carbocycles. The van der Waals surface area contributed by atoms with Gasteiger partial charge in [0.05, 0.1) is 0 Å². The molecular weight excluding hydrogens is 178 g/mol. The van der Waals surface area contributed by atoms with Gasteiger partial charge in [0.1, 0.15) is 5.75 Å². The zero-order valence-electron chi connectivity index (χ0n) is 8.36. The van der Waals surface area contributed by atoms with Crippen LogP contribution in [0.3, 0.4) is 0 Å². The maximum atomic E-state index is 5.68. The summed E-state index contributed by atoms with van der Waals surface area (Å²) < 4.78 is 5.25. The SMILES string of the molecule is CC(N)Cc1ccc(OCNN)cc1. The van der Waals surface area contributed by atoms with Crippen molar-refractivity contribution in [2.75, 3.05) is 6.73 Å². The highest BCUT2D eigenvalue weighted by Gasteiger charge is 1.98. The Hall–Kier alpha value is -1.10. The van der Waals surface area contributed by atoms with Crippen molar-refractivity contribution in [3.8, 4) is 5.75 Å². The van der Waals surface area contributed by atoms with E-state index in [0.717, 1.165) is 12.2 Å². The topological polar surface area (TPSA) is 73.3 Å². The van der Waals surface area contributed by atoms with Gasteiger partial charge in [-0.05, 0) is 31.0 Å². The number of hydrogen-bond donors (Lipinski definition) is 3. The van der Waals surface area contributed by atoms with Crippen molar-refractivity contribution in [3.05, 3.63) is 29.8 Å². The third-order valence-corrected chi connectivity index (χ3v) is 1.80. The quantitative estimate of drug-likeness (QED) is 0.361. The first kappa shape index (κ1) is 11.0. The Balaban J connectivity index is 2.50. The van der Waals surface area contributed by atoms with Gasteiger partial charge in [0.25, 0.3) is 0 Å². The summed E-state index contributed by atoms with van der Waals surface area (Å²) >= 11 is 0. The highest BCUT2D eigenvalue weighted by atomic mass is 16.5. The Kier molecular flexibility index (Phi) is 4.39. The molecule has 0 fully saturated rings. The highest BCUT2D eigenvalue weighted by Crippen LogP contribution is 2.12. The van der Waals surface area contributed by atoms with E-state index >= 15 is 0 Å². The lowest BCUT2D eigenvalue weighted by molar-refractivity contribution is 0.286. The summed E-state index contributed by atoms with van der Waals surface area (Å²) in [6.45, 7) is 2.30. The van der Waals surface area contributed by atoms with Crippen LogP contribution in [0.1, 0.15) is 12.5 Å². The number of rotatable bonds is 5. The Labute approximate surface area is 84.2 Å². The van der Waals surface area contributed by atoms with Crippen LogP contribution in [0.25, 0.3) is 0 Å². The molecule has 0 radical (unpaired) electrons. The lowest BCUT2D eigenvalue weighted by Gasteiger charge is -2.07. The van der Waals surface area contributed by atoms with Crippen LogP contribution in [0.15, 0.2) is 24.3 Å². The van der Waals surface area contributed by atoms with Gasteiger partial charge in [-0.25, -0.2) is 5.43 Å². The van der Waals surface area contributed by atoms with Crippen LogP contribution in [0.4, 0.5) is 0 Å². The maximum Gasteiger partial charge on any atom is 0.151 e. The largest absolute Gasteiger partial charge is 0.477 e. The van der Waals surface area contributed by atoms with Crippen molar-refractivity contribution in [2.24, 2.45) is 11.6 Å². The summed E-state index contributed by atoms with van der Waals surface area (Å²) in [5, 5.41) is 0. The van der Waals surface area contributed by atoms with E-state index in [1.165, 1.54) is 5.56 Å². The molecule has 4 nitrogen and oxygen atoms in total. The van der Waals surface area contributed by atoms with Crippen molar-refractivity contribution in [1.82, 2.24) is 5.43 Å². The molecule has 0 spiro atoms. The zero-order chi connectivity index (χ0) is 10.4. The van der Waals surface area contributed by atoms with E-state index in [4.69, 9.17) is 16.3 Å². The third-order valence-electron chi connectivity index (χ3n) is 1.80. The predicted molar refractivity (Wildman–Crippen MR) is 56.6 cm³/mol. The Bertz CT molecular complexity index is 259. The number of hydrogen-bond acceptors (Lipinski definition) is 4. The summed E-state index contributed by atoms with van der Waals surface area (Å²) in [7, 11) is 0. The standard InChI is InChI=1S/C10H17N3O/c1-8(11)6-9-2-4-10(5-3-9)14-7-13-12/h2-5,8,13H,6-7,11-12H2,1H3. The van der Waals surface area contributed by atoms with Crippen LogP contribution in [0.2, 0.25) is 0 Å². The fourth-order valence-electron chi connectivity index (χ4n) is 1.22. The van der Waals surface area contributed by atoms with Crippen LogP contribution >= 0.6 is 0 Å². The van der Waals surface area contributed by atoms with Crippen molar-refractivity contribution in [1.29, 1.82) is 0 Å². The van der Waals surface area contributed by atoms with Crippen LogP contribution in [-0.4, -0.2) is 12.8 Å². The summed E-state index contributed by atoms with van der Waals surface area (Å²) in [5.74, 6) is 5.88. The van der Waals surface area contributed by atoms with Crippen LogP contribution < -0.4 is 21.7 Å². The van der Waals surface area contributed by atoms with Crippen LogP contribution in [0, 0.1) is 0 Å². The molecule has 1 atom stereocenters. The molecule has 0 saturated heterocycles. The van der Waals surface area contributed by atoms with E-state index in [-0.39, 0.29) is 6.04 Å². The van der Waals surface area contributed by atoms with E-state index in [0.29, 0.717) is 6.73 Å². The summed E-state index contributed by atoms with van der Waals surface area (Å²) in [4.78, 5) is 0. The van der Waals surface area contributed by atoms with Crippen molar-refractivity contribution >= 4 is 0 Å². The van der Waals surface area contributed by atoms with E-state index in [1.807, 2.05) is 31.2 Å². The molecule has 0 amide bonds. The van der Waals surface area contributed by atoms with E-state index < -0.39 is 0 Å². The minimum Gasteiger partial charge on any atom is -0.477 e. The second-order valence-corrected chi connectivity index (χ2v) is 3.32. The summed E-state index contributed by atoms with van der Waals surface area (Å²) in [5.41, 5.74) is 9.32. The van der Waals surface area contributed by atoms with Gasteiger partial charge in [-0.15, -0.1) is 0 Å². The maximum absolute atomic E-state index is 5.68. The monoisotopic (exact) mass is 195 g/mol. The molecule has 4 heteroatoms. The second kappa shape index (κ2) is 5.59. The Morgan fingerprint density at radius 2 is 2.00 bits per heavy atom. The lowest BCUT2D eigenvalue weighted by Crippen LogP contribution is -2.26. The third kappa shape index (κ3) is 3.74. The number of nitrogens with two attached hydrogens (primary N) is 2. The minimum absolute atomic E-state index is 0.187. The number of nitrogens with one attached hydrogen (secondary N) is 1. The molecule has 1 rings (SSSR count). The number of benzene rings is 1. The number of hydrazine groups is 1. The zero-order valence-corrected chi connectivity index (χ0v) is 8.36. The molecule has 0 heterocycles. The van der Waals surface area contributed by atoms with Gasteiger partial charge in [-0.1, -0.05) is 12.1 Å². The van der Waals surface area contributed by atoms with Crippen LogP contribution in [-0.2, 0) is 6.42 Å². The Morgan fingerprint density at radius 1 is 1.36 bits per heavy atom. The molecule has 0 bridgehead atoms. The first-order valence-corrected chi connectivity index (χ1v) is 4.63. The van der Waals surface area contributed by atoms with Gasteiger partial charge in [0.15, 0.2) is 6.73 Å². The van der Waals surface area contributed by atoms with Gasteiger partial charge in [-0.2, -0.15) is 0 Å². The first-order valence-electron chi connectivity index (χ1n) is 4.63. The Morgan fingerprint density at radius 3 is 2.50 bits per heavy atom. The predicted octanol–water partition coefficient (Wildman–Crippen LogP) is 0.376. The average Bonchev–Trinajstić information content (AvgIpc) is 2.16. The smallest absolute Gasteiger partial charge is 0.151 e. The molecule has 1 aromatic rings. The first-order chi connectivity index (χ1) is 6.72. The molecule has 0 aliphatic heterocycles. The van der Waals surface area contributed by atoms with Gasteiger partial charge >= 0.3 is 0 Å². The fourth-order valence-corrected chi connectivity index (χ4v) is 1.22. The van der Waals surface area contributed by atoms with E-state index in [2.05, 4.69) is 5.43 Å². The second-order valence-electron chi connectivity index (χ2n) is 3.32. The van der Waals surface area contributed by atoms with Crippen molar-refractivity contribution in [2.45, 2.75) is 19.4 Å². The van der Waals surface area contributed by atoms with E-state index in [9.17, 15) is 0 Å². The highest BCUT2D eigenvalue weighted by molar-refractivity contribution is 5.27. The summed E-state index contributed by atoms with van der Waals surface area (Å²) in [6.07, 6.45) is 0.884. The van der Waals surface area contributed by atoms with E-state index in [1.54, 1.807) is 0 Å². The van der Waals surface area contributed by atoms with Gasteiger partial charge in [0.2, 0.25) is 0 Å². The lowest BCUT2D eigenvalue weighted by atomic mass is 10.1. The van der Waals surface area contributed by atoms with Crippen LogP contribution in [0.5, 0.6) is 5.75 Å². The van der Waals surface area contributed by atoms with Crippen molar-refractivity contribution in [3.63, 3.8) is 0 Å². The fraction of sp³-hybridized carbons (Fsp3) is 0.400. The molecule has 0 aliphatic rings. The molecule has 0 aromatic heterocycles. The molecular formula is C10H17N3O. The normalized spacial score (nSPS) is 12.5. The molecule has 5 N–H and O–H groups in total. The molecule has 1 aromatic carbocycles. The minimum atomic E-state index is 0.187. The van der Waals surface area contributed by atoms with Gasteiger partial charge in [-0.3, -0.25) is 5.84 Å². The average molecular weight is 195 g/mol. The number of ether oxygens (including phenoxy) is 1. The summed E-state index contributed by atoms with van der Waals surface area (Å²) in [6, 6.07) is 8.03. The molecule has 1 unspecified atom stereocenters. The molecule has 78 valence electrons. The molecule has 14 heavy (non-hydrogen) atoms. The van der Waals surface area contributed by atoms with Gasteiger partial charge < -0.3 is 10.5 Å². The van der Waals surface area contributed by atoms with Gasteiger partial charge in [0, 0.05) is 6.04 Å². The van der Waals surface area contributed by atoms with Crippen molar-refractivity contribution < 1.29 is 4.74 Å².